The molecule has 0 saturated heterocycles. The number of carbonyl (C=O) groups is 2. The average Bonchev–Trinajstić information content (AvgIpc) is 2.85. The number of amides is 1. The summed E-state index contributed by atoms with van der Waals surface area (Å²) in [6, 6.07) is 8.12. The number of hydrogen-bond acceptors (Lipinski definition) is 3. The molecule has 0 aliphatic heterocycles. The second-order valence-corrected chi connectivity index (χ2v) is 5.77. The Morgan fingerprint density at radius 2 is 2.04 bits per heavy atom. The second-order valence-electron chi connectivity index (χ2n) is 5.77. The van der Waals surface area contributed by atoms with Gasteiger partial charge in [-0.15, -0.1) is 0 Å². The number of carboxylic acid groups (broad SMARTS) is 1. The van der Waals surface area contributed by atoms with E-state index in [1.807, 2.05) is 6.07 Å². The van der Waals surface area contributed by atoms with E-state index in [1.54, 1.807) is 24.3 Å². The Kier molecular flexibility index (Phi) is 5.52. The van der Waals surface area contributed by atoms with Crippen LogP contribution in [0.5, 0.6) is 0 Å². The van der Waals surface area contributed by atoms with Gasteiger partial charge in [0, 0.05) is 18.9 Å². The van der Waals surface area contributed by atoms with E-state index in [9.17, 15) is 18.4 Å². The first-order chi connectivity index (χ1) is 10.9. The van der Waals surface area contributed by atoms with Crippen LogP contribution in [0.15, 0.2) is 30.3 Å². The van der Waals surface area contributed by atoms with Crippen LogP contribution in [0, 0.1) is 5.92 Å². The molecule has 1 saturated carbocycles. The molecule has 0 heterocycles. The number of carbonyl (C=O) groups excluding carboxylic acids is 1. The number of aliphatic carboxylic acids is 1. The molecular formula is C16H19F2NO4. The third-order valence-corrected chi connectivity index (χ3v) is 3.92. The maximum atomic E-state index is 13.3. The van der Waals surface area contributed by atoms with Crippen molar-refractivity contribution in [3.8, 4) is 0 Å². The Hall–Kier alpha value is -2.18. The highest BCUT2D eigenvalue weighted by Gasteiger charge is 2.43. The summed E-state index contributed by atoms with van der Waals surface area (Å²) in [6.45, 7) is 0.0350. The van der Waals surface area contributed by atoms with Crippen molar-refractivity contribution < 1.29 is 28.2 Å². The summed E-state index contributed by atoms with van der Waals surface area (Å²) in [7, 11) is 0. The van der Waals surface area contributed by atoms with E-state index in [-0.39, 0.29) is 19.4 Å². The molecule has 126 valence electrons. The molecular weight excluding hydrogens is 308 g/mol. The zero-order valence-corrected chi connectivity index (χ0v) is 12.5. The number of ether oxygens (including phenoxy) is 1. The molecule has 1 aliphatic rings. The fourth-order valence-corrected chi connectivity index (χ4v) is 2.77. The molecule has 0 aromatic heterocycles. The lowest BCUT2D eigenvalue weighted by Crippen LogP contribution is -2.41. The monoisotopic (exact) mass is 327 g/mol. The van der Waals surface area contributed by atoms with Gasteiger partial charge in [0.25, 0.3) is 0 Å². The summed E-state index contributed by atoms with van der Waals surface area (Å²) in [5, 5.41) is 11.3. The van der Waals surface area contributed by atoms with Gasteiger partial charge in [-0.05, 0) is 17.9 Å². The number of carboxylic acids is 1. The lowest BCUT2D eigenvalue weighted by Gasteiger charge is -2.23. The number of hydrogen-bond donors (Lipinski definition) is 2. The molecule has 5 nitrogen and oxygen atoms in total. The van der Waals surface area contributed by atoms with E-state index < -0.39 is 42.8 Å². The van der Waals surface area contributed by atoms with Crippen LogP contribution in [0.25, 0.3) is 0 Å². The topological polar surface area (TPSA) is 75.6 Å². The van der Waals surface area contributed by atoms with Crippen molar-refractivity contribution in [3.05, 3.63) is 35.9 Å². The lowest BCUT2D eigenvalue weighted by atomic mass is 9.95. The smallest absolute Gasteiger partial charge is 0.407 e. The van der Waals surface area contributed by atoms with Gasteiger partial charge in [-0.25, -0.2) is 13.6 Å². The fraction of sp³-hybridized carbons (Fsp3) is 0.500. The molecule has 1 amide bonds. The molecule has 1 aromatic rings. The minimum Gasteiger partial charge on any atom is -0.481 e. The van der Waals surface area contributed by atoms with Gasteiger partial charge < -0.3 is 15.2 Å². The number of halogens is 2. The molecule has 1 aliphatic carbocycles. The molecule has 2 N–H and O–H groups in total. The van der Waals surface area contributed by atoms with Crippen LogP contribution in [0.3, 0.4) is 0 Å². The summed E-state index contributed by atoms with van der Waals surface area (Å²) in [5.74, 6) is -4.50. The Labute approximate surface area is 132 Å². The molecule has 0 radical (unpaired) electrons. The first-order valence-corrected chi connectivity index (χ1v) is 7.42. The van der Waals surface area contributed by atoms with Gasteiger partial charge in [-0.3, -0.25) is 4.79 Å². The summed E-state index contributed by atoms with van der Waals surface area (Å²) < 4.78 is 31.6. The van der Waals surface area contributed by atoms with Gasteiger partial charge in [0.15, 0.2) is 0 Å². The van der Waals surface area contributed by atoms with E-state index in [2.05, 4.69) is 5.32 Å². The Bertz CT molecular complexity index is 550. The van der Waals surface area contributed by atoms with Crippen molar-refractivity contribution in [2.75, 3.05) is 0 Å². The number of alkyl carbamates (subject to hydrolysis) is 1. The van der Waals surface area contributed by atoms with Crippen LogP contribution < -0.4 is 5.32 Å². The van der Waals surface area contributed by atoms with E-state index >= 15 is 0 Å². The first-order valence-electron chi connectivity index (χ1n) is 7.42. The zero-order chi connectivity index (χ0) is 16.9. The van der Waals surface area contributed by atoms with Gasteiger partial charge in [-0.2, -0.15) is 0 Å². The summed E-state index contributed by atoms with van der Waals surface area (Å²) in [5.41, 5.74) is 0.782. The highest BCUT2D eigenvalue weighted by molar-refractivity contribution is 5.71. The van der Waals surface area contributed by atoms with Crippen molar-refractivity contribution in [2.24, 2.45) is 5.92 Å². The van der Waals surface area contributed by atoms with Crippen LogP contribution in [-0.4, -0.2) is 29.1 Å². The van der Waals surface area contributed by atoms with Crippen molar-refractivity contribution in [1.82, 2.24) is 5.32 Å². The molecule has 0 bridgehead atoms. The molecule has 23 heavy (non-hydrogen) atoms. The van der Waals surface area contributed by atoms with E-state index in [0.29, 0.717) is 0 Å². The third kappa shape index (κ3) is 5.50. The standard InChI is InChI=1S/C16H19F2NO4/c17-16(18)7-6-12(9-16)13(8-14(20)21)19-15(22)23-10-11-4-2-1-3-5-11/h1-5,12-13H,6-10H2,(H,19,22)(H,20,21). The number of rotatable bonds is 6. The molecule has 1 aromatic carbocycles. The van der Waals surface area contributed by atoms with Crippen LogP contribution in [0.4, 0.5) is 13.6 Å². The normalized spacial score (nSPS) is 20.7. The minimum absolute atomic E-state index is 0.0350. The van der Waals surface area contributed by atoms with Gasteiger partial charge in [0.2, 0.25) is 5.92 Å². The van der Waals surface area contributed by atoms with Crippen LogP contribution in [0.1, 0.15) is 31.2 Å². The number of alkyl halides is 2. The third-order valence-electron chi connectivity index (χ3n) is 3.92. The van der Waals surface area contributed by atoms with Gasteiger partial charge in [0.05, 0.1) is 6.42 Å². The molecule has 2 atom stereocenters. The summed E-state index contributed by atoms with van der Waals surface area (Å²) >= 11 is 0. The Morgan fingerprint density at radius 1 is 1.35 bits per heavy atom. The van der Waals surface area contributed by atoms with E-state index in [4.69, 9.17) is 9.84 Å². The quantitative estimate of drug-likeness (QED) is 0.841. The maximum Gasteiger partial charge on any atom is 0.407 e. The van der Waals surface area contributed by atoms with Crippen LogP contribution >= 0.6 is 0 Å². The summed E-state index contributed by atoms with van der Waals surface area (Å²) in [4.78, 5) is 22.7. The molecule has 7 heteroatoms. The highest BCUT2D eigenvalue weighted by atomic mass is 19.3. The molecule has 2 unspecified atom stereocenters. The van der Waals surface area contributed by atoms with E-state index in [1.165, 1.54) is 0 Å². The lowest BCUT2D eigenvalue weighted by molar-refractivity contribution is -0.137. The van der Waals surface area contributed by atoms with Crippen LogP contribution in [-0.2, 0) is 16.1 Å². The zero-order valence-electron chi connectivity index (χ0n) is 12.5. The average molecular weight is 327 g/mol. The van der Waals surface area contributed by atoms with Gasteiger partial charge >= 0.3 is 12.1 Å². The molecule has 2 rings (SSSR count). The molecule has 1 fully saturated rings. The first kappa shape index (κ1) is 17.2. The van der Waals surface area contributed by atoms with Gasteiger partial charge in [-0.1, -0.05) is 30.3 Å². The predicted molar refractivity (Wildman–Crippen MR) is 78.1 cm³/mol. The minimum atomic E-state index is -2.79. The van der Waals surface area contributed by atoms with Crippen molar-refractivity contribution in [3.63, 3.8) is 0 Å². The maximum absolute atomic E-state index is 13.3. The van der Waals surface area contributed by atoms with E-state index in [0.717, 1.165) is 5.56 Å². The largest absolute Gasteiger partial charge is 0.481 e. The van der Waals surface area contributed by atoms with Crippen molar-refractivity contribution in [2.45, 2.75) is 44.3 Å². The fourth-order valence-electron chi connectivity index (χ4n) is 2.77. The predicted octanol–water partition coefficient (Wildman–Crippen LogP) is 3.19. The Morgan fingerprint density at radius 3 is 2.61 bits per heavy atom. The van der Waals surface area contributed by atoms with Crippen molar-refractivity contribution in [1.29, 1.82) is 0 Å². The highest BCUT2D eigenvalue weighted by Crippen LogP contribution is 2.40. The number of benzene rings is 1. The van der Waals surface area contributed by atoms with Gasteiger partial charge in [0.1, 0.15) is 6.61 Å². The SMILES string of the molecule is O=C(O)CC(NC(=O)OCc1ccccc1)C1CCC(F)(F)C1. The Balaban J connectivity index is 1.89. The second kappa shape index (κ2) is 7.39. The number of nitrogens with one attached hydrogen (secondary N) is 1. The molecule has 0 spiro atoms. The van der Waals surface area contributed by atoms with Crippen molar-refractivity contribution >= 4 is 12.1 Å². The summed E-state index contributed by atoms with van der Waals surface area (Å²) in [6.07, 6.45) is -1.71. The van der Waals surface area contributed by atoms with Crippen LogP contribution in [0.2, 0.25) is 0 Å².